The largest absolute Gasteiger partial charge is 0.489 e. The smallest absolute Gasteiger partial charge is 0.238 e. The molecule has 0 aliphatic heterocycles. The second-order valence-electron chi connectivity index (χ2n) is 4.60. The third-order valence-electron chi connectivity index (χ3n) is 3.13. The Bertz CT molecular complexity index is 597. The van der Waals surface area contributed by atoms with Gasteiger partial charge in [0.05, 0.1) is 13.0 Å². The third-order valence-corrected chi connectivity index (χ3v) is 3.13. The Morgan fingerprint density at radius 3 is 2.38 bits per heavy atom. The van der Waals surface area contributed by atoms with Crippen molar-refractivity contribution in [2.24, 2.45) is 5.84 Å². The van der Waals surface area contributed by atoms with Gasteiger partial charge in [0.25, 0.3) is 0 Å². The molecule has 1 amide bonds. The van der Waals surface area contributed by atoms with Gasteiger partial charge in [0, 0.05) is 0 Å². The molecular formula is C16H18N2O3. The van der Waals surface area contributed by atoms with Crippen LogP contribution in [0, 0.1) is 0 Å². The van der Waals surface area contributed by atoms with Gasteiger partial charge >= 0.3 is 0 Å². The van der Waals surface area contributed by atoms with E-state index >= 15 is 0 Å². The molecule has 0 saturated carbocycles. The van der Waals surface area contributed by atoms with E-state index in [0.717, 1.165) is 16.7 Å². The zero-order valence-electron chi connectivity index (χ0n) is 11.6. The number of rotatable bonds is 6. The highest BCUT2D eigenvalue weighted by Gasteiger charge is 2.07. The third kappa shape index (κ3) is 4.30. The second-order valence-corrected chi connectivity index (χ2v) is 4.60. The summed E-state index contributed by atoms with van der Waals surface area (Å²) >= 11 is 0. The summed E-state index contributed by atoms with van der Waals surface area (Å²) in [6.45, 7) is 0.379. The summed E-state index contributed by atoms with van der Waals surface area (Å²) in [5.41, 5.74) is 4.78. The molecule has 0 saturated heterocycles. The maximum absolute atomic E-state index is 11.4. The van der Waals surface area contributed by atoms with Gasteiger partial charge in [-0.25, -0.2) is 5.84 Å². The standard InChI is InChI=1S/C16H18N2O3/c17-18-16(20)9-13-3-1-2-4-14(13)11-21-15-7-5-12(10-19)6-8-15/h1-8,19H,9-11,17H2,(H,18,20). The van der Waals surface area contributed by atoms with Gasteiger partial charge in [-0.3, -0.25) is 10.2 Å². The van der Waals surface area contributed by atoms with Gasteiger partial charge in [-0.15, -0.1) is 0 Å². The molecule has 0 unspecified atom stereocenters. The summed E-state index contributed by atoms with van der Waals surface area (Å²) in [5, 5.41) is 8.99. The van der Waals surface area contributed by atoms with Crippen molar-refractivity contribution in [3.8, 4) is 5.75 Å². The van der Waals surface area contributed by atoms with E-state index in [2.05, 4.69) is 5.43 Å². The van der Waals surface area contributed by atoms with Gasteiger partial charge in [0.2, 0.25) is 5.91 Å². The lowest BCUT2D eigenvalue weighted by Gasteiger charge is -2.11. The molecule has 5 heteroatoms. The van der Waals surface area contributed by atoms with Crippen LogP contribution in [0.25, 0.3) is 0 Å². The minimum absolute atomic E-state index is 0.0112. The van der Waals surface area contributed by atoms with Crippen LogP contribution in [0.2, 0.25) is 0 Å². The van der Waals surface area contributed by atoms with Crippen LogP contribution in [-0.4, -0.2) is 11.0 Å². The Kier molecular flexibility index (Phi) is 5.31. The van der Waals surface area contributed by atoms with Crippen LogP contribution < -0.4 is 16.0 Å². The molecule has 4 N–H and O–H groups in total. The van der Waals surface area contributed by atoms with Crippen molar-refractivity contribution < 1.29 is 14.6 Å². The second kappa shape index (κ2) is 7.42. The topological polar surface area (TPSA) is 84.6 Å². The van der Waals surface area contributed by atoms with E-state index < -0.39 is 0 Å². The van der Waals surface area contributed by atoms with Crippen molar-refractivity contribution in [3.63, 3.8) is 0 Å². The van der Waals surface area contributed by atoms with Crippen LogP contribution in [0.5, 0.6) is 5.75 Å². The number of aliphatic hydroxyl groups is 1. The molecule has 0 fully saturated rings. The molecule has 0 bridgehead atoms. The molecule has 110 valence electrons. The van der Waals surface area contributed by atoms with E-state index in [0.29, 0.717) is 12.4 Å². The summed E-state index contributed by atoms with van der Waals surface area (Å²) in [6.07, 6.45) is 0.222. The number of carbonyl (C=O) groups excluding carboxylic acids is 1. The lowest BCUT2D eigenvalue weighted by atomic mass is 10.1. The number of aliphatic hydroxyl groups excluding tert-OH is 1. The highest BCUT2D eigenvalue weighted by molar-refractivity contribution is 5.78. The van der Waals surface area contributed by atoms with Gasteiger partial charge in [-0.2, -0.15) is 0 Å². The van der Waals surface area contributed by atoms with Crippen LogP contribution in [0.3, 0.4) is 0 Å². The number of hydrogen-bond acceptors (Lipinski definition) is 4. The average Bonchev–Trinajstić information content (AvgIpc) is 2.54. The van der Waals surface area contributed by atoms with Gasteiger partial charge in [-0.05, 0) is 28.8 Å². The molecule has 2 rings (SSSR count). The van der Waals surface area contributed by atoms with Gasteiger partial charge in [-0.1, -0.05) is 36.4 Å². The van der Waals surface area contributed by atoms with Crippen molar-refractivity contribution in [2.45, 2.75) is 19.6 Å². The first-order valence-electron chi connectivity index (χ1n) is 6.61. The minimum Gasteiger partial charge on any atom is -0.489 e. The summed E-state index contributed by atoms with van der Waals surface area (Å²) < 4.78 is 5.70. The Labute approximate surface area is 123 Å². The van der Waals surface area contributed by atoms with E-state index in [-0.39, 0.29) is 18.9 Å². The van der Waals surface area contributed by atoms with Crippen LogP contribution in [0.1, 0.15) is 16.7 Å². The summed E-state index contributed by atoms with van der Waals surface area (Å²) in [6, 6.07) is 14.8. The fourth-order valence-corrected chi connectivity index (χ4v) is 1.95. The predicted octanol–water partition coefficient (Wildman–Crippen LogP) is 1.29. The van der Waals surface area contributed by atoms with Crippen molar-refractivity contribution in [3.05, 3.63) is 65.2 Å². The van der Waals surface area contributed by atoms with Crippen LogP contribution >= 0.6 is 0 Å². The lowest BCUT2D eigenvalue weighted by Crippen LogP contribution is -2.31. The predicted molar refractivity (Wildman–Crippen MR) is 79.2 cm³/mol. The number of amides is 1. The first-order chi connectivity index (χ1) is 10.2. The molecule has 5 nitrogen and oxygen atoms in total. The first-order valence-corrected chi connectivity index (χ1v) is 6.61. The Morgan fingerprint density at radius 2 is 1.76 bits per heavy atom. The number of nitrogens with one attached hydrogen (secondary N) is 1. The van der Waals surface area contributed by atoms with Gasteiger partial charge < -0.3 is 9.84 Å². The van der Waals surface area contributed by atoms with E-state index in [9.17, 15) is 4.79 Å². The molecule has 2 aromatic carbocycles. The monoisotopic (exact) mass is 286 g/mol. The normalized spacial score (nSPS) is 10.2. The zero-order chi connectivity index (χ0) is 15.1. The quantitative estimate of drug-likeness (QED) is 0.424. The van der Waals surface area contributed by atoms with Crippen molar-refractivity contribution in [1.29, 1.82) is 0 Å². The van der Waals surface area contributed by atoms with E-state index in [4.69, 9.17) is 15.7 Å². The Hall–Kier alpha value is -2.37. The number of carbonyl (C=O) groups is 1. The summed E-state index contributed by atoms with van der Waals surface area (Å²) in [5.74, 6) is 5.58. The maximum Gasteiger partial charge on any atom is 0.238 e. The highest BCUT2D eigenvalue weighted by atomic mass is 16.5. The van der Waals surface area contributed by atoms with Crippen molar-refractivity contribution in [1.82, 2.24) is 5.43 Å². The summed E-state index contributed by atoms with van der Waals surface area (Å²) in [4.78, 5) is 11.4. The molecule has 0 radical (unpaired) electrons. The van der Waals surface area contributed by atoms with E-state index in [1.807, 2.05) is 36.4 Å². The molecule has 0 aliphatic rings. The fourth-order valence-electron chi connectivity index (χ4n) is 1.95. The summed E-state index contributed by atoms with van der Waals surface area (Å²) in [7, 11) is 0. The van der Waals surface area contributed by atoms with Gasteiger partial charge in [0.1, 0.15) is 12.4 Å². The first kappa shape index (κ1) is 15.0. The van der Waals surface area contributed by atoms with Gasteiger partial charge in [0.15, 0.2) is 0 Å². The van der Waals surface area contributed by atoms with Crippen LogP contribution in [0.4, 0.5) is 0 Å². The van der Waals surface area contributed by atoms with E-state index in [1.165, 1.54) is 0 Å². The molecule has 0 atom stereocenters. The molecule has 0 heterocycles. The Morgan fingerprint density at radius 1 is 1.10 bits per heavy atom. The average molecular weight is 286 g/mol. The molecular weight excluding hydrogens is 268 g/mol. The molecule has 0 aromatic heterocycles. The molecule has 0 aliphatic carbocycles. The zero-order valence-corrected chi connectivity index (χ0v) is 11.6. The Balaban J connectivity index is 2.03. The number of benzene rings is 2. The number of nitrogens with two attached hydrogens (primary N) is 1. The molecule has 0 spiro atoms. The number of hydrogen-bond donors (Lipinski definition) is 3. The SMILES string of the molecule is NNC(=O)Cc1ccccc1COc1ccc(CO)cc1. The maximum atomic E-state index is 11.4. The van der Waals surface area contributed by atoms with Crippen molar-refractivity contribution in [2.75, 3.05) is 0 Å². The van der Waals surface area contributed by atoms with E-state index in [1.54, 1.807) is 12.1 Å². The molecule has 21 heavy (non-hydrogen) atoms. The highest BCUT2D eigenvalue weighted by Crippen LogP contribution is 2.16. The minimum atomic E-state index is -0.241. The molecule has 2 aromatic rings. The number of ether oxygens (including phenoxy) is 1. The lowest BCUT2D eigenvalue weighted by molar-refractivity contribution is -0.120. The van der Waals surface area contributed by atoms with Crippen LogP contribution in [0.15, 0.2) is 48.5 Å². The van der Waals surface area contributed by atoms with Crippen molar-refractivity contribution >= 4 is 5.91 Å². The number of hydrazine groups is 1. The van der Waals surface area contributed by atoms with Crippen LogP contribution in [-0.2, 0) is 24.4 Å². The fraction of sp³-hybridized carbons (Fsp3) is 0.188.